The molecule has 104 valence electrons. The topological polar surface area (TPSA) is 45.2 Å². The van der Waals surface area contributed by atoms with Crippen LogP contribution < -0.4 is 5.32 Å². The molecular formula is C15H16BrN3O. The number of carbonyl (C=O) groups is 1. The van der Waals surface area contributed by atoms with Gasteiger partial charge in [0, 0.05) is 12.2 Å². The van der Waals surface area contributed by atoms with Crippen LogP contribution in [-0.2, 0) is 6.54 Å². The molecule has 0 spiro atoms. The molecule has 0 fully saturated rings. The molecule has 0 aliphatic carbocycles. The van der Waals surface area contributed by atoms with Crippen molar-refractivity contribution in [3.8, 4) is 0 Å². The van der Waals surface area contributed by atoms with Gasteiger partial charge in [-0.25, -0.2) is 4.98 Å². The number of aromatic nitrogens is 1. The molecule has 0 saturated heterocycles. The van der Waals surface area contributed by atoms with Gasteiger partial charge in [-0.2, -0.15) is 0 Å². The number of rotatable bonds is 4. The molecule has 0 atom stereocenters. The lowest BCUT2D eigenvalue weighted by Gasteiger charge is -2.14. The zero-order chi connectivity index (χ0) is 14.5. The molecule has 1 amide bonds. The first-order chi connectivity index (χ1) is 9.56. The molecule has 5 heteroatoms. The van der Waals surface area contributed by atoms with E-state index in [9.17, 15) is 4.79 Å². The Morgan fingerprint density at radius 3 is 2.65 bits per heavy atom. The summed E-state index contributed by atoms with van der Waals surface area (Å²) in [6.07, 6.45) is 0. The van der Waals surface area contributed by atoms with Gasteiger partial charge in [-0.05, 0) is 53.8 Å². The van der Waals surface area contributed by atoms with Gasteiger partial charge in [0.1, 0.15) is 10.3 Å². The minimum atomic E-state index is -0.211. The minimum absolute atomic E-state index is 0.211. The van der Waals surface area contributed by atoms with Crippen molar-refractivity contribution in [1.29, 1.82) is 0 Å². The van der Waals surface area contributed by atoms with Gasteiger partial charge in [-0.3, -0.25) is 4.79 Å². The van der Waals surface area contributed by atoms with Crippen LogP contribution in [0.4, 0.5) is 5.69 Å². The fourth-order valence-electron chi connectivity index (χ4n) is 1.84. The lowest BCUT2D eigenvalue weighted by molar-refractivity contribution is 0.102. The van der Waals surface area contributed by atoms with Gasteiger partial charge in [0.05, 0.1) is 0 Å². The smallest absolute Gasteiger partial charge is 0.274 e. The molecule has 0 aliphatic rings. The quantitative estimate of drug-likeness (QED) is 0.874. The number of nitrogens with one attached hydrogen (secondary N) is 1. The molecule has 1 aromatic carbocycles. The number of amides is 1. The van der Waals surface area contributed by atoms with E-state index >= 15 is 0 Å². The molecule has 4 nitrogen and oxygen atoms in total. The molecule has 2 aromatic rings. The van der Waals surface area contributed by atoms with Crippen LogP contribution in [0.15, 0.2) is 47.1 Å². The van der Waals surface area contributed by atoms with Crippen molar-refractivity contribution in [3.05, 3.63) is 58.3 Å². The van der Waals surface area contributed by atoms with Crippen LogP contribution in [0.25, 0.3) is 0 Å². The molecule has 0 radical (unpaired) electrons. The Balaban J connectivity index is 2.19. The van der Waals surface area contributed by atoms with Gasteiger partial charge in [-0.1, -0.05) is 24.3 Å². The molecule has 0 saturated carbocycles. The highest BCUT2D eigenvalue weighted by molar-refractivity contribution is 9.10. The predicted octanol–water partition coefficient (Wildman–Crippen LogP) is 3.16. The molecule has 0 aliphatic heterocycles. The number of carbonyl (C=O) groups excluding carboxylic acids is 1. The molecular weight excluding hydrogens is 318 g/mol. The van der Waals surface area contributed by atoms with E-state index in [0.29, 0.717) is 10.3 Å². The van der Waals surface area contributed by atoms with Gasteiger partial charge < -0.3 is 10.2 Å². The Kier molecular flexibility index (Phi) is 4.87. The number of hydrogen-bond donors (Lipinski definition) is 1. The van der Waals surface area contributed by atoms with Crippen LogP contribution in [0.1, 0.15) is 16.1 Å². The van der Waals surface area contributed by atoms with Gasteiger partial charge in [0.15, 0.2) is 0 Å². The summed E-state index contributed by atoms with van der Waals surface area (Å²) < 4.78 is 0.645. The van der Waals surface area contributed by atoms with Crippen LogP contribution in [0.3, 0.4) is 0 Å². The van der Waals surface area contributed by atoms with Gasteiger partial charge in [0.25, 0.3) is 5.91 Å². The highest BCUT2D eigenvalue weighted by atomic mass is 79.9. The Morgan fingerprint density at radius 1 is 1.20 bits per heavy atom. The van der Waals surface area contributed by atoms with Crippen molar-refractivity contribution in [2.24, 2.45) is 0 Å². The van der Waals surface area contributed by atoms with Gasteiger partial charge >= 0.3 is 0 Å². The summed E-state index contributed by atoms with van der Waals surface area (Å²) in [6, 6.07) is 13.0. The van der Waals surface area contributed by atoms with Crippen molar-refractivity contribution in [1.82, 2.24) is 9.88 Å². The van der Waals surface area contributed by atoms with Gasteiger partial charge in [-0.15, -0.1) is 0 Å². The second-order valence-electron chi connectivity index (χ2n) is 4.69. The van der Waals surface area contributed by atoms with Crippen molar-refractivity contribution >= 4 is 27.5 Å². The zero-order valence-corrected chi connectivity index (χ0v) is 13.0. The molecule has 1 N–H and O–H groups in total. The van der Waals surface area contributed by atoms with Crippen LogP contribution in [0.5, 0.6) is 0 Å². The van der Waals surface area contributed by atoms with E-state index in [1.54, 1.807) is 18.2 Å². The lowest BCUT2D eigenvalue weighted by atomic mass is 10.1. The third-order valence-electron chi connectivity index (χ3n) is 2.70. The number of nitrogens with zero attached hydrogens (tertiary/aromatic N) is 2. The average molecular weight is 334 g/mol. The Bertz CT molecular complexity index is 614. The first-order valence-electron chi connectivity index (χ1n) is 6.23. The average Bonchev–Trinajstić information content (AvgIpc) is 2.40. The second-order valence-corrected chi connectivity index (χ2v) is 5.51. The summed E-state index contributed by atoms with van der Waals surface area (Å²) in [5.74, 6) is -0.211. The first kappa shape index (κ1) is 14.7. The van der Waals surface area contributed by atoms with Crippen molar-refractivity contribution in [2.75, 3.05) is 19.4 Å². The van der Waals surface area contributed by atoms with E-state index in [0.717, 1.165) is 17.8 Å². The Hall–Kier alpha value is -1.72. The fraction of sp³-hybridized carbons (Fsp3) is 0.200. The highest BCUT2D eigenvalue weighted by Gasteiger charge is 2.10. The van der Waals surface area contributed by atoms with Crippen LogP contribution in [0, 0.1) is 0 Å². The Labute approximate surface area is 127 Å². The third-order valence-corrected chi connectivity index (χ3v) is 3.14. The van der Waals surface area contributed by atoms with Crippen LogP contribution >= 0.6 is 15.9 Å². The molecule has 20 heavy (non-hydrogen) atoms. The number of anilines is 1. The maximum atomic E-state index is 12.2. The van der Waals surface area contributed by atoms with Gasteiger partial charge in [0.2, 0.25) is 0 Å². The summed E-state index contributed by atoms with van der Waals surface area (Å²) in [6.45, 7) is 0.766. The highest BCUT2D eigenvalue weighted by Crippen LogP contribution is 2.17. The summed E-state index contributed by atoms with van der Waals surface area (Å²) >= 11 is 3.27. The molecule has 2 rings (SSSR count). The van der Waals surface area contributed by atoms with E-state index in [1.807, 2.05) is 38.4 Å². The predicted molar refractivity (Wildman–Crippen MR) is 83.7 cm³/mol. The van der Waals surface area contributed by atoms with E-state index in [1.165, 1.54) is 0 Å². The Morgan fingerprint density at radius 2 is 1.95 bits per heavy atom. The monoisotopic (exact) mass is 333 g/mol. The SMILES string of the molecule is CN(C)Cc1ccccc1NC(=O)c1cccc(Br)n1. The summed E-state index contributed by atoms with van der Waals surface area (Å²) in [4.78, 5) is 18.4. The molecule has 1 aromatic heterocycles. The summed E-state index contributed by atoms with van der Waals surface area (Å²) in [5, 5.41) is 2.91. The van der Waals surface area contributed by atoms with E-state index < -0.39 is 0 Å². The third kappa shape index (κ3) is 3.88. The lowest BCUT2D eigenvalue weighted by Crippen LogP contribution is -2.17. The van der Waals surface area contributed by atoms with E-state index in [2.05, 4.69) is 31.1 Å². The van der Waals surface area contributed by atoms with E-state index in [4.69, 9.17) is 0 Å². The summed E-state index contributed by atoms with van der Waals surface area (Å²) in [7, 11) is 3.99. The number of pyridine rings is 1. The first-order valence-corrected chi connectivity index (χ1v) is 7.02. The van der Waals surface area contributed by atoms with Crippen molar-refractivity contribution < 1.29 is 4.79 Å². The number of benzene rings is 1. The maximum Gasteiger partial charge on any atom is 0.274 e. The summed E-state index contributed by atoms with van der Waals surface area (Å²) in [5.41, 5.74) is 2.27. The second kappa shape index (κ2) is 6.63. The fourth-order valence-corrected chi connectivity index (χ4v) is 2.19. The van der Waals surface area contributed by atoms with Crippen LogP contribution in [-0.4, -0.2) is 29.9 Å². The maximum absolute atomic E-state index is 12.2. The normalized spacial score (nSPS) is 10.6. The van der Waals surface area contributed by atoms with Crippen molar-refractivity contribution in [3.63, 3.8) is 0 Å². The largest absolute Gasteiger partial charge is 0.320 e. The molecule has 1 heterocycles. The zero-order valence-electron chi connectivity index (χ0n) is 11.4. The van der Waals surface area contributed by atoms with Crippen LogP contribution in [0.2, 0.25) is 0 Å². The number of hydrogen-bond acceptors (Lipinski definition) is 3. The van der Waals surface area contributed by atoms with Crippen molar-refractivity contribution in [2.45, 2.75) is 6.54 Å². The number of halogens is 1. The molecule has 0 unspecified atom stereocenters. The minimum Gasteiger partial charge on any atom is -0.320 e. The molecule has 0 bridgehead atoms. The van der Waals surface area contributed by atoms with E-state index in [-0.39, 0.29) is 5.91 Å². The number of para-hydroxylation sites is 1. The standard InChI is InChI=1S/C15H16BrN3O/c1-19(2)10-11-6-3-4-7-12(11)18-15(20)13-8-5-9-14(16)17-13/h3-9H,10H2,1-2H3,(H,18,20).